The number of hydrogen-bond acceptors (Lipinski definition) is 3. The Morgan fingerprint density at radius 1 is 1.33 bits per heavy atom. The van der Waals surface area contributed by atoms with Gasteiger partial charge in [-0.15, -0.1) is 11.3 Å². The molecule has 0 aliphatic rings. The predicted octanol–water partition coefficient (Wildman–Crippen LogP) is 3.03. The summed E-state index contributed by atoms with van der Waals surface area (Å²) in [6.07, 6.45) is 1.71. The molecule has 1 aromatic heterocycles. The first-order valence-electron chi connectivity index (χ1n) is 4.32. The molecule has 0 bridgehead atoms. The molecule has 0 spiro atoms. The number of thiazole rings is 1. The molecule has 1 aromatic carbocycles. The van der Waals surface area contributed by atoms with Gasteiger partial charge in [0, 0.05) is 17.1 Å². The summed E-state index contributed by atoms with van der Waals surface area (Å²) in [5.41, 5.74) is 2.00. The van der Waals surface area contributed by atoms with Crippen LogP contribution in [-0.4, -0.2) is 4.98 Å². The lowest BCUT2D eigenvalue weighted by Crippen LogP contribution is -2.00. The second-order valence-electron chi connectivity index (χ2n) is 2.95. The Labute approximate surface area is 89.6 Å². The average molecular weight is 226 g/mol. The molecule has 2 rings (SSSR count). The van der Waals surface area contributed by atoms with Crippen molar-refractivity contribution in [2.75, 3.05) is 5.32 Å². The molecule has 0 amide bonds. The fraction of sp³-hybridized carbons (Fsp3) is 0.100. The zero-order valence-corrected chi connectivity index (χ0v) is 8.52. The highest BCUT2D eigenvalue weighted by atomic mass is 32.1. The largest absolute Gasteiger partial charge is 0.378 e. The van der Waals surface area contributed by atoms with Gasteiger partial charge in [0.25, 0.3) is 0 Å². The standard InChI is InChI=1S/C10H8F2N2S/c11-7-1-2-10(9(12)3-7)14-5-8-4-13-6-15-8/h1-4,6,14H,5H2. The van der Waals surface area contributed by atoms with Crippen molar-refractivity contribution in [3.8, 4) is 0 Å². The molecule has 5 heteroatoms. The van der Waals surface area contributed by atoms with Gasteiger partial charge in [0.2, 0.25) is 0 Å². The molecule has 0 radical (unpaired) electrons. The molecular formula is C10H8F2N2S. The van der Waals surface area contributed by atoms with Crippen LogP contribution in [0.15, 0.2) is 29.9 Å². The Bertz CT molecular complexity index is 443. The molecule has 78 valence electrons. The van der Waals surface area contributed by atoms with Crippen LogP contribution in [0.1, 0.15) is 4.88 Å². The lowest BCUT2D eigenvalue weighted by molar-refractivity contribution is 0.585. The molecule has 0 atom stereocenters. The van der Waals surface area contributed by atoms with Gasteiger partial charge in [-0.25, -0.2) is 8.78 Å². The summed E-state index contributed by atoms with van der Waals surface area (Å²) < 4.78 is 25.7. The Morgan fingerprint density at radius 2 is 2.20 bits per heavy atom. The SMILES string of the molecule is Fc1ccc(NCc2cncs2)c(F)c1. The second kappa shape index (κ2) is 4.35. The van der Waals surface area contributed by atoms with Gasteiger partial charge in [0.05, 0.1) is 17.7 Å². The van der Waals surface area contributed by atoms with Gasteiger partial charge in [-0.2, -0.15) is 0 Å². The van der Waals surface area contributed by atoms with Crippen molar-refractivity contribution >= 4 is 17.0 Å². The smallest absolute Gasteiger partial charge is 0.149 e. The molecule has 0 unspecified atom stereocenters. The third-order valence-corrected chi connectivity index (χ3v) is 2.65. The molecule has 15 heavy (non-hydrogen) atoms. The Hall–Kier alpha value is -1.49. The summed E-state index contributed by atoms with van der Waals surface area (Å²) in [7, 11) is 0. The van der Waals surface area contributed by atoms with Crippen LogP contribution in [0.3, 0.4) is 0 Å². The third kappa shape index (κ3) is 2.50. The van der Waals surface area contributed by atoms with E-state index in [1.54, 1.807) is 11.7 Å². The zero-order valence-electron chi connectivity index (χ0n) is 7.71. The Balaban J connectivity index is 2.05. The quantitative estimate of drug-likeness (QED) is 0.870. The van der Waals surface area contributed by atoms with E-state index in [4.69, 9.17) is 0 Å². The lowest BCUT2D eigenvalue weighted by atomic mass is 10.3. The molecule has 1 heterocycles. The molecule has 2 aromatic rings. The molecule has 1 N–H and O–H groups in total. The van der Waals surface area contributed by atoms with Gasteiger partial charge >= 0.3 is 0 Å². The van der Waals surface area contributed by atoms with Crippen molar-refractivity contribution in [2.24, 2.45) is 0 Å². The molecule has 0 aliphatic carbocycles. The van der Waals surface area contributed by atoms with Crippen LogP contribution in [0, 0.1) is 11.6 Å². The molecular weight excluding hydrogens is 218 g/mol. The van der Waals surface area contributed by atoms with E-state index in [1.165, 1.54) is 23.5 Å². The Morgan fingerprint density at radius 3 is 2.87 bits per heavy atom. The van der Waals surface area contributed by atoms with E-state index >= 15 is 0 Å². The van der Waals surface area contributed by atoms with E-state index in [9.17, 15) is 8.78 Å². The maximum absolute atomic E-state index is 13.2. The predicted molar refractivity (Wildman–Crippen MR) is 55.8 cm³/mol. The first kappa shape index (κ1) is 10.0. The molecule has 2 nitrogen and oxygen atoms in total. The van der Waals surface area contributed by atoms with E-state index in [2.05, 4.69) is 10.3 Å². The number of aromatic nitrogens is 1. The molecule has 0 fully saturated rings. The van der Waals surface area contributed by atoms with Gasteiger partial charge in [-0.1, -0.05) is 0 Å². The summed E-state index contributed by atoms with van der Waals surface area (Å²) >= 11 is 1.48. The summed E-state index contributed by atoms with van der Waals surface area (Å²) in [6.45, 7) is 0.493. The number of hydrogen-bond donors (Lipinski definition) is 1. The number of nitrogens with zero attached hydrogens (tertiary/aromatic N) is 1. The van der Waals surface area contributed by atoms with Crippen molar-refractivity contribution in [3.63, 3.8) is 0 Å². The second-order valence-corrected chi connectivity index (χ2v) is 3.92. The van der Waals surface area contributed by atoms with E-state index in [0.29, 0.717) is 12.2 Å². The number of rotatable bonds is 3. The van der Waals surface area contributed by atoms with Crippen LogP contribution in [0.5, 0.6) is 0 Å². The van der Waals surface area contributed by atoms with E-state index in [0.717, 1.165) is 10.9 Å². The third-order valence-electron chi connectivity index (χ3n) is 1.87. The number of nitrogens with one attached hydrogen (secondary N) is 1. The van der Waals surface area contributed by atoms with Crippen LogP contribution in [0.4, 0.5) is 14.5 Å². The van der Waals surface area contributed by atoms with E-state index in [1.807, 2.05) is 0 Å². The van der Waals surface area contributed by atoms with Gasteiger partial charge in [-0.05, 0) is 12.1 Å². The van der Waals surface area contributed by atoms with Crippen molar-refractivity contribution < 1.29 is 8.78 Å². The van der Waals surface area contributed by atoms with E-state index in [-0.39, 0.29) is 0 Å². The molecule has 0 saturated carbocycles. The highest BCUT2D eigenvalue weighted by Crippen LogP contribution is 2.16. The van der Waals surface area contributed by atoms with Crippen LogP contribution >= 0.6 is 11.3 Å². The number of anilines is 1. The van der Waals surface area contributed by atoms with Crippen LogP contribution < -0.4 is 5.32 Å². The van der Waals surface area contributed by atoms with Crippen LogP contribution in [0.2, 0.25) is 0 Å². The number of benzene rings is 1. The summed E-state index contributed by atoms with van der Waals surface area (Å²) in [5.74, 6) is -1.16. The monoisotopic (exact) mass is 226 g/mol. The fourth-order valence-corrected chi connectivity index (χ4v) is 1.68. The topological polar surface area (TPSA) is 24.9 Å². The summed E-state index contributed by atoms with van der Waals surface area (Å²) in [5, 5.41) is 2.87. The highest BCUT2D eigenvalue weighted by Gasteiger charge is 2.03. The van der Waals surface area contributed by atoms with Crippen LogP contribution in [0.25, 0.3) is 0 Å². The maximum atomic E-state index is 13.2. The van der Waals surface area contributed by atoms with Gasteiger partial charge in [0.15, 0.2) is 0 Å². The summed E-state index contributed by atoms with van der Waals surface area (Å²) in [6, 6.07) is 3.46. The minimum Gasteiger partial charge on any atom is -0.378 e. The summed E-state index contributed by atoms with van der Waals surface area (Å²) in [4.78, 5) is 4.89. The van der Waals surface area contributed by atoms with Crippen LogP contribution in [-0.2, 0) is 6.54 Å². The number of halogens is 2. The van der Waals surface area contributed by atoms with Gasteiger partial charge < -0.3 is 5.32 Å². The van der Waals surface area contributed by atoms with Gasteiger partial charge in [-0.3, -0.25) is 4.98 Å². The highest BCUT2D eigenvalue weighted by molar-refractivity contribution is 7.09. The Kier molecular flexibility index (Phi) is 2.91. The fourth-order valence-electron chi connectivity index (χ4n) is 1.14. The maximum Gasteiger partial charge on any atom is 0.149 e. The zero-order chi connectivity index (χ0) is 10.7. The van der Waals surface area contributed by atoms with Gasteiger partial charge in [0.1, 0.15) is 11.6 Å². The minimum atomic E-state index is -0.584. The first-order chi connectivity index (χ1) is 7.25. The normalized spacial score (nSPS) is 10.3. The van der Waals surface area contributed by atoms with Crippen molar-refractivity contribution in [1.29, 1.82) is 0 Å². The van der Waals surface area contributed by atoms with Crippen molar-refractivity contribution in [2.45, 2.75) is 6.54 Å². The van der Waals surface area contributed by atoms with Crippen molar-refractivity contribution in [3.05, 3.63) is 46.4 Å². The molecule has 0 aliphatic heterocycles. The van der Waals surface area contributed by atoms with Crippen molar-refractivity contribution in [1.82, 2.24) is 4.98 Å². The minimum absolute atomic E-state index is 0.296. The lowest BCUT2D eigenvalue weighted by Gasteiger charge is -2.05. The average Bonchev–Trinajstić information content (AvgIpc) is 2.69. The first-order valence-corrected chi connectivity index (χ1v) is 5.20. The molecule has 0 saturated heterocycles. The van der Waals surface area contributed by atoms with E-state index < -0.39 is 11.6 Å².